The number of carbonyl (C=O) groups is 1. The minimum atomic E-state index is -4.38. The van der Waals surface area contributed by atoms with E-state index in [0.717, 1.165) is 12.1 Å². The van der Waals surface area contributed by atoms with E-state index in [1.807, 2.05) is 4.90 Å². The average molecular weight is 321 g/mol. The molecule has 0 spiro atoms. The SMILES string of the molecule is O=C1CCN(Cc2ccc(C(F)(F)F)cc2)CC1CC(F)F. The van der Waals surface area contributed by atoms with E-state index in [9.17, 15) is 26.7 Å². The lowest BCUT2D eigenvalue weighted by Gasteiger charge is -2.31. The van der Waals surface area contributed by atoms with Crippen LogP contribution in [0.1, 0.15) is 24.0 Å². The molecule has 1 atom stereocenters. The molecule has 7 heteroatoms. The van der Waals surface area contributed by atoms with Gasteiger partial charge in [-0.25, -0.2) is 8.78 Å². The van der Waals surface area contributed by atoms with Crippen molar-refractivity contribution in [1.82, 2.24) is 4.90 Å². The molecule has 0 radical (unpaired) electrons. The number of hydrogen-bond donors (Lipinski definition) is 0. The highest BCUT2D eigenvalue weighted by Crippen LogP contribution is 2.29. The molecule has 0 saturated carbocycles. The van der Waals surface area contributed by atoms with Crippen molar-refractivity contribution in [1.29, 1.82) is 0 Å². The summed E-state index contributed by atoms with van der Waals surface area (Å²) in [4.78, 5) is 13.4. The third-order valence-electron chi connectivity index (χ3n) is 3.76. The zero-order valence-electron chi connectivity index (χ0n) is 11.7. The van der Waals surface area contributed by atoms with Crippen molar-refractivity contribution in [3.05, 3.63) is 35.4 Å². The molecule has 0 aliphatic carbocycles. The minimum Gasteiger partial charge on any atom is -0.299 e. The quantitative estimate of drug-likeness (QED) is 0.787. The van der Waals surface area contributed by atoms with Crippen LogP contribution in [0.5, 0.6) is 0 Å². The smallest absolute Gasteiger partial charge is 0.299 e. The molecule has 1 fully saturated rings. The number of likely N-dealkylation sites (tertiary alicyclic amines) is 1. The van der Waals surface area contributed by atoms with Gasteiger partial charge in [-0.15, -0.1) is 0 Å². The summed E-state index contributed by atoms with van der Waals surface area (Å²) in [5.41, 5.74) is -0.0567. The lowest BCUT2D eigenvalue weighted by Crippen LogP contribution is -2.41. The van der Waals surface area contributed by atoms with E-state index in [0.29, 0.717) is 18.7 Å². The lowest BCUT2D eigenvalue weighted by atomic mass is 9.93. The van der Waals surface area contributed by atoms with E-state index in [-0.39, 0.29) is 18.7 Å². The van der Waals surface area contributed by atoms with Crippen molar-refractivity contribution >= 4 is 5.78 Å². The largest absolute Gasteiger partial charge is 0.416 e. The summed E-state index contributed by atoms with van der Waals surface area (Å²) >= 11 is 0. The van der Waals surface area contributed by atoms with E-state index >= 15 is 0 Å². The van der Waals surface area contributed by atoms with Crippen LogP contribution in [0.25, 0.3) is 0 Å². The predicted octanol–water partition coefficient (Wildman–Crippen LogP) is 3.75. The van der Waals surface area contributed by atoms with Gasteiger partial charge in [0.1, 0.15) is 5.78 Å². The molecule has 1 aromatic carbocycles. The van der Waals surface area contributed by atoms with E-state index in [1.54, 1.807) is 0 Å². The molecule has 1 aromatic rings. The molecular weight excluding hydrogens is 305 g/mol. The minimum absolute atomic E-state index is 0.163. The van der Waals surface area contributed by atoms with Crippen molar-refractivity contribution in [2.75, 3.05) is 13.1 Å². The number of benzene rings is 1. The first-order valence-corrected chi connectivity index (χ1v) is 6.95. The molecule has 1 saturated heterocycles. The standard InChI is InChI=1S/C15H16F5NO/c16-14(17)7-11-9-21(6-5-13(11)22)8-10-1-3-12(4-2-10)15(18,19)20/h1-4,11,14H,5-9H2. The Morgan fingerprint density at radius 3 is 2.36 bits per heavy atom. The Hall–Kier alpha value is -1.50. The monoisotopic (exact) mass is 321 g/mol. The number of hydrogen-bond acceptors (Lipinski definition) is 2. The summed E-state index contributed by atoms with van der Waals surface area (Å²) in [7, 11) is 0. The van der Waals surface area contributed by atoms with Gasteiger partial charge in [0.15, 0.2) is 0 Å². The van der Waals surface area contributed by atoms with Crippen LogP contribution < -0.4 is 0 Å². The number of Topliss-reactive ketones (excluding diaryl/α,β-unsaturated/α-hetero) is 1. The fraction of sp³-hybridized carbons (Fsp3) is 0.533. The van der Waals surface area contributed by atoms with Crippen LogP contribution >= 0.6 is 0 Å². The molecule has 0 amide bonds. The second-order valence-corrected chi connectivity index (χ2v) is 5.47. The summed E-state index contributed by atoms with van der Waals surface area (Å²) in [5.74, 6) is -0.854. The molecule has 1 heterocycles. The van der Waals surface area contributed by atoms with Gasteiger partial charge in [0, 0.05) is 38.4 Å². The van der Waals surface area contributed by atoms with E-state index in [1.165, 1.54) is 12.1 Å². The third-order valence-corrected chi connectivity index (χ3v) is 3.76. The van der Waals surface area contributed by atoms with Gasteiger partial charge in [0.25, 0.3) is 0 Å². The molecule has 0 aromatic heterocycles. The normalized spacial score (nSPS) is 20.6. The molecule has 0 N–H and O–H groups in total. The number of piperidine rings is 1. The highest BCUT2D eigenvalue weighted by atomic mass is 19.4. The lowest BCUT2D eigenvalue weighted by molar-refractivity contribution is -0.137. The maximum Gasteiger partial charge on any atom is 0.416 e. The number of ketones is 1. The van der Waals surface area contributed by atoms with Crippen LogP contribution in [-0.2, 0) is 17.5 Å². The van der Waals surface area contributed by atoms with Crippen LogP contribution in [0, 0.1) is 5.92 Å². The van der Waals surface area contributed by atoms with Crippen LogP contribution in [0.3, 0.4) is 0 Å². The maximum absolute atomic E-state index is 12.5. The average Bonchev–Trinajstić information content (AvgIpc) is 2.41. The zero-order chi connectivity index (χ0) is 16.3. The fourth-order valence-corrected chi connectivity index (χ4v) is 2.60. The highest BCUT2D eigenvalue weighted by Gasteiger charge is 2.31. The molecular formula is C15H16F5NO. The summed E-state index contributed by atoms with van der Waals surface area (Å²) in [6.45, 7) is 1.02. The first-order chi connectivity index (χ1) is 10.3. The summed E-state index contributed by atoms with van der Waals surface area (Å²) < 4.78 is 62.3. The molecule has 0 bridgehead atoms. The summed E-state index contributed by atoms with van der Waals surface area (Å²) in [6.07, 6.45) is -7.15. The summed E-state index contributed by atoms with van der Waals surface area (Å²) in [6, 6.07) is 4.75. The van der Waals surface area contributed by atoms with Crippen molar-refractivity contribution in [2.24, 2.45) is 5.92 Å². The van der Waals surface area contributed by atoms with E-state index < -0.39 is 30.5 Å². The van der Waals surface area contributed by atoms with Gasteiger partial charge in [0.2, 0.25) is 6.43 Å². The number of halogens is 5. The number of carbonyl (C=O) groups excluding carboxylic acids is 1. The number of alkyl halides is 5. The molecule has 1 unspecified atom stereocenters. The Kier molecular flexibility index (Phi) is 5.16. The maximum atomic E-state index is 12.5. The molecule has 2 rings (SSSR count). The summed E-state index contributed by atoms with van der Waals surface area (Å²) in [5, 5.41) is 0. The first kappa shape index (κ1) is 16.9. The van der Waals surface area contributed by atoms with Gasteiger partial charge in [-0.1, -0.05) is 12.1 Å². The Bertz CT molecular complexity index is 512. The molecule has 22 heavy (non-hydrogen) atoms. The first-order valence-electron chi connectivity index (χ1n) is 6.95. The Labute approximate surface area is 124 Å². The third kappa shape index (κ3) is 4.50. The zero-order valence-corrected chi connectivity index (χ0v) is 11.7. The van der Waals surface area contributed by atoms with Gasteiger partial charge in [0.05, 0.1) is 5.56 Å². The van der Waals surface area contributed by atoms with Gasteiger partial charge in [-0.05, 0) is 17.7 Å². The predicted molar refractivity (Wildman–Crippen MR) is 70.5 cm³/mol. The van der Waals surface area contributed by atoms with E-state index in [4.69, 9.17) is 0 Å². The van der Waals surface area contributed by atoms with Gasteiger partial charge in [-0.3, -0.25) is 9.69 Å². The van der Waals surface area contributed by atoms with Crippen LogP contribution in [0.4, 0.5) is 22.0 Å². The molecule has 122 valence electrons. The van der Waals surface area contributed by atoms with Gasteiger partial charge >= 0.3 is 6.18 Å². The van der Waals surface area contributed by atoms with Crippen molar-refractivity contribution < 1.29 is 26.7 Å². The fourth-order valence-electron chi connectivity index (χ4n) is 2.60. The number of nitrogens with zero attached hydrogens (tertiary/aromatic N) is 1. The van der Waals surface area contributed by atoms with Crippen LogP contribution in [-0.4, -0.2) is 30.2 Å². The van der Waals surface area contributed by atoms with Crippen LogP contribution in [0.2, 0.25) is 0 Å². The topological polar surface area (TPSA) is 20.3 Å². The Morgan fingerprint density at radius 1 is 1.18 bits per heavy atom. The number of rotatable bonds is 4. The second-order valence-electron chi connectivity index (χ2n) is 5.47. The van der Waals surface area contributed by atoms with Gasteiger partial charge in [-0.2, -0.15) is 13.2 Å². The highest BCUT2D eigenvalue weighted by molar-refractivity contribution is 5.82. The Balaban J connectivity index is 1.97. The van der Waals surface area contributed by atoms with E-state index in [2.05, 4.69) is 0 Å². The van der Waals surface area contributed by atoms with Crippen molar-refractivity contribution in [3.8, 4) is 0 Å². The second kappa shape index (κ2) is 6.73. The molecule has 1 aliphatic rings. The molecule has 2 nitrogen and oxygen atoms in total. The molecule has 1 aliphatic heterocycles. The van der Waals surface area contributed by atoms with Crippen molar-refractivity contribution in [3.63, 3.8) is 0 Å². The Morgan fingerprint density at radius 2 is 1.82 bits per heavy atom. The van der Waals surface area contributed by atoms with Crippen LogP contribution in [0.15, 0.2) is 24.3 Å². The van der Waals surface area contributed by atoms with Gasteiger partial charge < -0.3 is 0 Å². The van der Waals surface area contributed by atoms with Crippen molar-refractivity contribution in [2.45, 2.75) is 32.0 Å².